The Balaban J connectivity index is 1.45. The van der Waals surface area contributed by atoms with Crippen molar-refractivity contribution in [3.8, 4) is 16.3 Å². The first-order valence-corrected chi connectivity index (χ1v) is 9.96. The number of hydrogen-bond acceptors (Lipinski definition) is 6. The van der Waals surface area contributed by atoms with Crippen LogP contribution in [0, 0.1) is 0 Å². The third kappa shape index (κ3) is 4.17. The van der Waals surface area contributed by atoms with Crippen LogP contribution in [0.4, 0.5) is 0 Å². The maximum Gasteiger partial charge on any atom is 0.280 e. The largest absolute Gasteiger partial charge is 0.494 e. The Morgan fingerprint density at radius 3 is 2.76 bits per heavy atom. The molecular formula is C21H18N4O3S. The number of nitrogens with zero attached hydrogens (tertiary/aromatic N) is 3. The minimum atomic E-state index is -0.340. The monoisotopic (exact) mass is 406 g/mol. The van der Waals surface area contributed by atoms with Gasteiger partial charge in [-0.3, -0.25) is 15.0 Å². The van der Waals surface area contributed by atoms with Gasteiger partial charge in [0.1, 0.15) is 17.1 Å². The van der Waals surface area contributed by atoms with Gasteiger partial charge >= 0.3 is 0 Å². The zero-order valence-electron chi connectivity index (χ0n) is 15.7. The number of fused-ring (bicyclic) bond motifs is 1. The Labute approximate surface area is 170 Å². The molecule has 0 spiro atoms. The first kappa shape index (κ1) is 18.8. The van der Waals surface area contributed by atoms with E-state index in [0.717, 1.165) is 21.0 Å². The lowest BCUT2D eigenvalue weighted by atomic mass is 10.2. The number of nitrogens with one attached hydrogen (secondary N) is 1. The van der Waals surface area contributed by atoms with Gasteiger partial charge < -0.3 is 4.74 Å². The number of aromatic nitrogens is 3. The molecule has 0 aliphatic heterocycles. The zero-order chi connectivity index (χ0) is 20.2. The van der Waals surface area contributed by atoms with Crippen molar-refractivity contribution in [2.45, 2.75) is 13.3 Å². The van der Waals surface area contributed by atoms with Gasteiger partial charge in [0.25, 0.3) is 5.56 Å². The fourth-order valence-electron chi connectivity index (χ4n) is 2.87. The van der Waals surface area contributed by atoms with Crippen LogP contribution in [0.25, 0.3) is 21.5 Å². The number of benzene rings is 2. The normalized spacial score (nSPS) is 10.8. The molecule has 2 aromatic heterocycles. The van der Waals surface area contributed by atoms with E-state index in [4.69, 9.17) is 4.74 Å². The van der Waals surface area contributed by atoms with Gasteiger partial charge in [-0.1, -0.05) is 12.1 Å². The maximum atomic E-state index is 12.5. The summed E-state index contributed by atoms with van der Waals surface area (Å²) in [7, 11) is 0. The Kier molecular flexibility index (Phi) is 5.35. The van der Waals surface area contributed by atoms with Crippen molar-refractivity contribution in [2.24, 2.45) is 0 Å². The van der Waals surface area contributed by atoms with Crippen LogP contribution < -0.4 is 15.7 Å². The molecule has 4 aromatic rings. The van der Waals surface area contributed by atoms with Crippen molar-refractivity contribution in [1.29, 1.82) is 0 Å². The summed E-state index contributed by atoms with van der Waals surface area (Å²) in [6.45, 7) is 2.56. The van der Waals surface area contributed by atoms with Gasteiger partial charge in [-0.25, -0.2) is 14.6 Å². The highest BCUT2D eigenvalue weighted by atomic mass is 32.1. The number of ether oxygens (including phenoxy) is 1. The molecule has 146 valence electrons. The number of amides is 1. The molecule has 0 aliphatic rings. The summed E-state index contributed by atoms with van der Waals surface area (Å²) in [6, 6.07) is 14.7. The van der Waals surface area contributed by atoms with E-state index in [-0.39, 0.29) is 17.9 Å². The molecule has 0 saturated carbocycles. The van der Waals surface area contributed by atoms with Gasteiger partial charge in [-0.05, 0) is 43.3 Å². The summed E-state index contributed by atoms with van der Waals surface area (Å²) in [5, 5.41) is 3.11. The molecule has 2 heterocycles. The van der Waals surface area contributed by atoms with Crippen LogP contribution in [0.3, 0.4) is 0 Å². The molecule has 0 radical (unpaired) electrons. The van der Waals surface area contributed by atoms with E-state index in [2.05, 4.69) is 15.4 Å². The number of carbonyl (C=O) groups is 1. The summed E-state index contributed by atoms with van der Waals surface area (Å²) in [6.07, 6.45) is 1.38. The fourth-order valence-corrected chi connectivity index (χ4v) is 3.69. The number of hydrogen-bond donors (Lipinski definition) is 1. The van der Waals surface area contributed by atoms with Gasteiger partial charge in [-0.2, -0.15) is 0 Å². The summed E-state index contributed by atoms with van der Waals surface area (Å²) in [4.78, 5) is 33.6. The fraction of sp³-hybridized carbons (Fsp3) is 0.143. The highest BCUT2D eigenvalue weighted by Gasteiger charge is 2.11. The van der Waals surface area contributed by atoms with Crippen molar-refractivity contribution in [3.05, 3.63) is 76.3 Å². The standard InChI is InChI=1S/C21H18N4O3S/c1-2-28-16-9-7-14(8-10-16)20-23-15(12-29-20)11-19(26)24-25-13-22-18-6-4-3-5-17(18)21(25)27/h3-10,12-13H,2,11H2,1H3,(H,24,26). The van der Waals surface area contributed by atoms with Crippen molar-refractivity contribution in [3.63, 3.8) is 0 Å². The van der Waals surface area contributed by atoms with Crippen molar-refractivity contribution in [2.75, 3.05) is 12.0 Å². The minimum absolute atomic E-state index is 0.0623. The molecule has 1 N–H and O–H groups in total. The Morgan fingerprint density at radius 1 is 1.17 bits per heavy atom. The first-order valence-electron chi connectivity index (χ1n) is 9.08. The topological polar surface area (TPSA) is 86.1 Å². The minimum Gasteiger partial charge on any atom is -0.494 e. The van der Waals surface area contributed by atoms with Gasteiger partial charge in [0.05, 0.1) is 29.6 Å². The predicted molar refractivity (Wildman–Crippen MR) is 113 cm³/mol. The van der Waals surface area contributed by atoms with Crippen LogP contribution in [-0.2, 0) is 11.2 Å². The molecule has 8 heteroatoms. The molecular weight excluding hydrogens is 388 g/mol. The maximum absolute atomic E-state index is 12.5. The van der Waals surface area contributed by atoms with E-state index in [1.165, 1.54) is 17.7 Å². The SMILES string of the molecule is CCOc1ccc(-c2nc(CC(=O)Nn3cnc4ccccc4c3=O)cs2)cc1. The van der Waals surface area contributed by atoms with E-state index in [1.807, 2.05) is 42.6 Å². The summed E-state index contributed by atoms with van der Waals surface area (Å²) in [5.74, 6) is 0.467. The second kappa shape index (κ2) is 8.24. The van der Waals surface area contributed by atoms with E-state index < -0.39 is 0 Å². The molecule has 0 bridgehead atoms. The van der Waals surface area contributed by atoms with Gasteiger partial charge in [-0.15, -0.1) is 11.3 Å². The average Bonchev–Trinajstić information content (AvgIpc) is 3.19. The Bertz CT molecular complexity index is 1210. The van der Waals surface area contributed by atoms with Crippen LogP contribution in [0.5, 0.6) is 5.75 Å². The Morgan fingerprint density at radius 2 is 1.97 bits per heavy atom. The van der Waals surface area contributed by atoms with E-state index in [1.54, 1.807) is 18.2 Å². The second-order valence-electron chi connectivity index (χ2n) is 6.25. The van der Waals surface area contributed by atoms with Crippen LogP contribution in [0.2, 0.25) is 0 Å². The molecule has 0 atom stereocenters. The van der Waals surface area contributed by atoms with Crippen LogP contribution in [-0.4, -0.2) is 27.2 Å². The van der Waals surface area contributed by atoms with E-state index >= 15 is 0 Å². The molecule has 4 rings (SSSR count). The van der Waals surface area contributed by atoms with Crippen molar-refractivity contribution in [1.82, 2.24) is 14.6 Å². The van der Waals surface area contributed by atoms with Crippen molar-refractivity contribution >= 4 is 28.1 Å². The zero-order valence-corrected chi connectivity index (χ0v) is 16.5. The smallest absolute Gasteiger partial charge is 0.280 e. The second-order valence-corrected chi connectivity index (χ2v) is 7.11. The van der Waals surface area contributed by atoms with Gasteiger partial charge in [0, 0.05) is 10.9 Å². The Hall–Kier alpha value is -3.52. The number of para-hydroxylation sites is 1. The molecule has 0 fully saturated rings. The van der Waals surface area contributed by atoms with Crippen LogP contribution >= 0.6 is 11.3 Å². The quantitative estimate of drug-likeness (QED) is 0.531. The van der Waals surface area contributed by atoms with E-state index in [0.29, 0.717) is 23.2 Å². The molecule has 0 unspecified atom stereocenters. The van der Waals surface area contributed by atoms with Gasteiger partial charge in [0.15, 0.2) is 0 Å². The molecule has 0 saturated heterocycles. The first-order chi connectivity index (χ1) is 14.1. The van der Waals surface area contributed by atoms with Crippen molar-refractivity contribution < 1.29 is 9.53 Å². The molecule has 2 aromatic carbocycles. The molecule has 29 heavy (non-hydrogen) atoms. The molecule has 0 aliphatic carbocycles. The van der Waals surface area contributed by atoms with Crippen LogP contribution in [0.15, 0.2) is 65.0 Å². The average molecular weight is 406 g/mol. The lowest BCUT2D eigenvalue weighted by Crippen LogP contribution is -2.34. The molecule has 1 amide bonds. The third-order valence-electron chi connectivity index (χ3n) is 4.22. The number of rotatable bonds is 6. The summed E-state index contributed by atoms with van der Waals surface area (Å²) < 4.78 is 6.55. The number of carbonyl (C=O) groups excluding carboxylic acids is 1. The lowest BCUT2D eigenvalue weighted by molar-refractivity contribution is -0.116. The van der Waals surface area contributed by atoms with Gasteiger partial charge in [0.2, 0.25) is 5.91 Å². The predicted octanol–water partition coefficient (Wildman–Crippen LogP) is 3.23. The summed E-state index contributed by atoms with van der Waals surface area (Å²) in [5.41, 5.74) is 4.43. The van der Waals surface area contributed by atoms with Crippen LogP contribution in [0.1, 0.15) is 12.6 Å². The highest BCUT2D eigenvalue weighted by Crippen LogP contribution is 2.26. The molecule has 7 nitrogen and oxygen atoms in total. The lowest BCUT2D eigenvalue weighted by Gasteiger charge is -2.07. The van der Waals surface area contributed by atoms with E-state index in [9.17, 15) is 9.59 Å². The number of thiazole rings is 1. The summed E-state index contributed by atoms with van der Waals surface area (Å²) >= 11 is 1.46. The highest BCUT2D eigenvalue weighted by molar-refractivity contribution is 7.13. The third-order valence-corrected chi connectivity index (χ3v) is 5.16.